The Balaban J connectivity index is 2.07. The van der Waals surface area contributed by atoms with E-state index < -0.39 is 0 Å². The monoisotopic (exact) mass is 143 g/mol. The van der Waals surface area contributed by atoms with Crippen LogP contribution < -0.4 is 0 Å². The fourth-order valence-electron chi connectivity index (χ4n) is 1.31. The number of rotatable bonds is 5. The predicted octanol–water partition coefficient (Wildman–Crippen LogP) is 0.853. The molecule has 2 nitrogen and oxygen atoms in total. The van der Waals surface area contributed by atoms with E-state index in [0.29, 0.717) is 6.61 Å². The van der Waals surface area contributed by atoms with E-state index in [9.17, 15) is 0 Å². The van der Waals surface area contributed by atoms with Gasteiger partial charge in [0.05, 0.1) is 0 Å². The fourth-order valence-corrected chi connectivity index (χ4v) is 1.31. The predicted molar refractivity (Wildman–Crippen MR) is 42.0 cm³/mol. The third-order valence-electron chi connectivity index (χ3n) is 2.07. The minimum Gasteiger partial charge on any atom is -0.396 e. The topological polar surface area (TPSA) is 23.5 Å². The Hall–Kier alpha value is -0.0800. The second kappa shape index (κ2) is 3.94. The summed E-state index contributed by atoms with van der Waals surface area (Å²) in [4.78, 5) is 2.45. The second-order valence-electron chi connectivity index (χ2n) is 2.94. The third kappa shape index (κ3) is 2.27. The lowest BCUT2D eigenvalue weighted by molar-refractivity contribution is 0.224. The zero-order chi connectivity index (χ0) is 7.40. The van der Waals surface area contributed by atoms with Crippen molar-refractivity contribution in [2.75, 3.05) is 19.7 Å². The summed E-state index contributed by atoms with van der Waals surface area (Å²) in [7, 11) is 0. The molecule has 0 saturated heterocycles. The first-order chi connectivity index (χ1) is 4.88. The molecular weight excluding hydrogens is 126 g/mol. The van der Waals surface area contributed by atoms with E-state index in [1.54, 1.807) is 0 Å². The van der Waals surface area contributed by atoms with Crippen molar-refractivity contribution < 1.29 is 5.11 Å². The Morgan fingerprint density at radius 2 is 2.20 bits per heavy atom. The van der Waals surface area contributed by atoms with Gasteiger partial charge in [-0.2, -0.15) is 0 Å². The lowest BCUT2D eigenvalue weighted by atomic mass is 10.4. The quantitative estimate of drug-likeness (QED) is 0.617. The average molecular weight is 143 g/mol. The molecule has 0 spiro atoms. The summed E-state index contributed by atoms with van der Waals surface area (Å²) in [5.41, 5.74) is 0. The molecule has 1 aliphatic rings. The molecule has 10 heavy (non-hydrogen) atoms. The van der Waals surface area contributed by atoms with Crippen LogP contribution in [0.5, 0.6) is 0 Å². The standard InChI is InChI=1S/C8H17NO/c1-2-9(6-3-7-10)8-4-5-8/h8,10H,2-7H2,1H3. The summed E-state index contributed by atoms with van der Waals surface area (Å²) in [5.74, 6) is 0. The molecule has 0 aliphatic heterocycles. The maximum absolute atomic E-state index is 8.59. The molecule has 1 N–H and O–H groups in total. The highest BCUT2D eigenvalue weighted by Crippen LogP contribution is 2.26. The highest BCUT2D eigenvalue weighted by atomic mass is 16.3. The van der Waals surface area contributed by atoms with Crippen LogP contribution in [0.25, 0.3) is 0 Å². The lowest BCUT2D eigenvalue weighted by Crippen LogP contribution is -2.27. The minimum atomic E-state index is 0.337. The van der Waals surface area contributed by atoms with Crippen LogP contribution in [0, 0.1) is 0 Å². The smallest absolute Gasteiger partial charge is 0.0443 e. The van der Waals surface area contributed by atoms with Crippen LogP contribution in [0.2, 0.25) is 0 Å². The van der Waals surface area contributed by atoms with Crippen LogP contribution >= 0.6 is 0 Å². The number of hydrogen-bond acceptors (Lipinski definition) is 2. The maximum atomic E-state index is 8.59. The van der Waals surface area contributed by atoms with Crippen molar-refractivity contribution in [2.24, 2.45) is 0 Å². The van der Waals surface area contributed by atoms with Crippen molar-refractivity contribution in [1.29, 1.82) is 0 Å². The van der Waals surface area contributed by atoms with Gasteiger partial charge in [0.15, 0.2) is 0 Å². The first kappa shape index (κ1) is 8.02. The average Bonchev–Trinajstić information content (AvgIpc) is 2.73. The highest BCUT2D eigenvalue weighted by molar-refractivity contribution is 4.83. The largest absolute Gasteiger partial charge is 0.396 e. The van der Waals surface area contributed by atoms with E-state index in [2.05, 4.69) is 11.8 Å². The molecule has 1 saturated carbocycles. The van der Waals surface area contributed by atoms with E-state index in [0.717, 1.165) is 25.6 Å². The van der Waals surface area contributed by atoms with Crippen LogP contribution in [0.15, 0.2) is 0 Å². The first-order valence-corrected chi connectivity index (χ1v) is 4.23. The Bertz CT molecular complexity index is 91.3. The molecule has 2 heteroatoms. The summed E-state index contributed by atoms with van der Waals surface area (Å²) in [5, 5.41) is 8.59. The SMILES string of the molecule is CCN(CCCO)C1CC1. The molecule has 0 unspecified atom stereocenters. The fraction of sp³-hybridized carbons (Fsp3) is 1.00. The van der Waals surface area contributed by atoms with E-state index in [1.807, 2.05) is 0 Å². The van der Waals surface area contributed by atoms with Gasteiger partial charge in [0.2, 0.25) is 0 Å². The molecule has 0 amide bonds. The van der Waals surface area contributed by atoms with Gasteiger partial charge in [0.1, 0.15) is 0 Å². The summed E-state index contributed by atoms with van der Waals surface area (Å²) in [6.07, 6.45) is 3.68. The summed E-state index contributed by atoms with van der Waals surface area (Å²) < 4.78 is 0. The molecule has 1 rings (SSSR count). The van der Waals surface area contributed by atoms with Crippen molar-refractivity contribution in [3.8, 4) is 0 Å². The van der Waals surface area contributed by atoms with E-state index in [1.165, 1.54) is 12.8 Å². The van der Waals surface area contributed by atoms with E-state index in [-0.39, 0.29) is 0 Å². The van der Waals surface area contributed by atoms with Crippen molar-refractivity contribution in [1.82, 2.24) is 4.90 Å². The van der Waals surface area contributed by atoms with Crippen molar-refractivity contribution in [3.63, 3.8) is 0 Å². The highest BCUT2D eigenvalue weighted by Gasteiger charge is 2.26. The Kier molecular flexibility index (Phi) is 3.16. The first-order valence-electron chi connectivity index (χ1n) is 4.23. The zero-order valence-corrected chi connectivity index (χ0v) is 6.71. The molecule has 0 atom stereocenters. The van der Waals surface area contributed by atoms with E-state index in [4.69, 9.17) is 5.11 Å². The van der Waals surface area contributed by atoms with Gasteiger partial charge in [0.25, 0.3) is 0 Å². The van der Waals surface area contributed by atoms with Crippen LogP contribution in [0.1, 0.15) is 26.2 Å². The summed E-state index contributed by atoms with van der Waals surface area (Å²) in [6, 6.07) is 0.858. The summed E-state index contributed by atoms with van der Waals surface area (Å²) in [6.45, 7) is 4.75. The van der Waals surface area contributed by atoms with Crippen LogP contribution in [-0.2, 0) is 0 Å². The van der Waals surface area contributed by atoms with Crippen molar-refractivity contribution in [3.05, 3.63) is 0 Å². The second-order valence-corrected chi connectivity index (χ2v) is 2.94. The zero-order valence-electron chi connectivity index (χ0n) is 6.71. The Labute approximate surface area is 62.8 Å². The van der Waals surface area contributed by atoms with Gasteiger partial charge in [-0.15, -0.1) is 0 Å². The van der Waals surface area contributed by atoms with Gasteiger partial charge in [0, 0.05) is 19.2 Å². The van der Waals surface area contributed by atoms with Crippen molar-refractivity contribution >= 4 is 0 Å². The molecular formula is C8H17NO. The molecule has 0 heterocycles. The van der Waals surface area contributed by atoms with Crippen LogP contribution in [-0.4, -0.2) is 35.7 Å². The molecule has 0 bridgehead atoms. The molecule has 1 fully saturated rings. The van der Waals surface area contributed by atoms with Gasteiger partial charge < -0.3 is 10.0 Å². The van der Waals surface area contributed by atoms with Gasteiger partial charge in [-0.1, -0.05) is 6.92 Å². The Morgan fingerprint density at radius 3 is 2.60 bits per heavy atom. The van der Waals surface area contributed by atoms with Crippen molar-refractivity contribution in [2.45, 2.75) is 32.2 Å². The molecule has 0 radical (unpaired) electrons. The number of nitrogens with zero attached hydrogens (tertiary/aromatic N) is 1. The van der Waals surface area contributed by atoms with Crippen LogP contribution in [0.3, 0.4) is 0 Å². The van der Waals surface area contributed by atoms with Gasteiger partial charge in [-0.25, -0.2) is 0 Å². The van der Waals surface area contributed by atoms with Gasteiger partial charge in [-0.3, -0.25) is 0 Å². The number of aliphatic hydroxyl groups is 1. The molecule has 1 aliphatic carbocycles. The third-order valence-corrected chi connectivity index (χ3v) is 2.07. The molecule has 0 aromatic heterocycles. The van der Waals surface area contributed by atoms with Gasteiger partial charge in [-0.05, 0) is 25.8 Å². The van der Waals surface area contributed by atoms with E-state index >= 15 is 0 Å². The Morgan fingerprint density at radius 1 is 1.50 bits per heavy atom. The maximum Gasteiger partial charge on any atom is 0.0443 e. The molecule has 60 valence electrons. The normalized spacial score (nSPS) is 18.3. The van der Waals surface area contributed by atoms with Gasteiger partial charge >= 0.3 is 0 Å². The molecule has 0 aromatic carbocycles. The number of aliphatic hydroxyl groups excluding tert-OH is 1. The molecule has 0 aromatic rings. The van der Waals surface area contributed by atoms with Crippen LogP contribution in [0.4, 0.5) is 0 Å². The lowest BCUT2D eigenvalue weighted by Gasteiger charge is -2.18. The number of hydrogen-bond donors (Lipinski definition) is 1. The minimum absolute atomic E-state index is 0.337. The summed E-state index contributed by atoms with van der Waals surface area (Å²) >= 11 is 0.